The number of halogens is 2. The van der Waals surface area contributed by atoms with Crippen LogP contribution in [0, 0.1) is 0 Å². The second-order valence-corrected chi connectivity index (χ2v) is 4.96. The summed E-state index contributed by atoms with van der Waals surface area (Å²) in [5.41, 5.74) is 0. The molecule has 1 aromatic heterocycles. The average molecular weight is 352 g/mol. The normalized spacial score (nSPS) is 11.2. The van der Waals surface area contributed by atoms with E-state index in [2.05, 4.69) is 4.98 Å². The Kier molecular flexibility index (Phi) is 7.45. The maximum atomic E-state index is 10.7. The van der Waals surface area contributed by atoms with Gasteiger partial charge >= 0.3 is 35.5 Å². The van der Waals surface area contributed by atoms with Gasteiger partial charge in [0.05, 0.1) is 5.02 Å². The van der Waals surface area contributed by atoms with Crippen LogP contribution in [-0.4, -0.2) is 22.2 Å². The molecule has 0 aliphatic carbocycles. The number of hydrogen-bond donors (Lipinski definition) is 1. The maximum absolute atomic E-state index is 10.7. The van der Waals surface area contributed by atoms with E-state index >= 15 is 0 Å². The summed E-state index contributed by atoms with van der Waals surface area (Å²) in [5.74, 6) is 0.107. The van der Waals surface area contributed by atoms with Crippen LogP contribution in [0.15, 0.2) is 36.5 Å². The Labute approximate surface area is 160 Å². The molecule has 0 spiro atoms. The first-order valence-corrected chi connectivity index (χ1v) is 6.69. The molecule has 0 saturated heterocycles. The van der Waals surface area contributed by atoms with E-state index in [-0.39, 0.29) is 36.9 Å². The first-order valence-electron chi connectivity index (χ1n) is 5.94. The van der Waals surface area contributed by atoms with Crippen molar-refractivity contribution in [1.82, 2.24) is 4.98 Å². The molecule has 0 amide bonds. The molecule has 0 fully saturated rings. The molecule has 22 heavy (non-hydrogen) atoms. The molecular weight excluding hydrogens is 340 g/mol. The number of aromatic nitrogens is 1. The molecule has 0 aliphatic heterocycles. The van der Waals surface area contributed by atoms with Gasteiger partial charge in [0, 0.05) is 6.20 Å². The minimum Gasteiger partial charge on any atom is -1.00 e. The number of rotatable bonds is 5. The van der Waals surface area contributed by atoms with Gasteiger partial charge in [-0.25, -0.2) is 9.78 Å². The molecule has 2 aromatic rings. The van der Waals surface area contributed by atoms with E-state index in [1.807, 2.05) is 0 Å². The topological polar surface area (TPSA) is 68.7 Å². The molecule has 0 bridgehead atoms. The maximum Gasteiger partial charge on any atom is 1.00 e. The third-order valence-corrected chi connectivity index (χ3v) is 2.95. The Morgan fingerprint density at radius 2 is 1.86 bits per heavy atom. The largest absolute Gasteiger partial charge is 1.00 e. The number of benzene rings is 1. The zero-order valence-electron chi connectivity index (χ0n) is 12.9. The number of aliphatic carboxylic acids is 1. The van der Waals surface area contributed by atoms with Crippen molar-refractivity contribution in [3.05, 3.63) is 46.6 Å². The Balaban J connectivity index is 0.00000242. The van der Waals surface area contributed by atoms with Crippen molar-refractivity contribution >= 4 is 29.2 Å². The van der Waals surface area contributed by atoms with Gasteiger partial charge in [0.15, 0.2) is 6.10 Å². The molecule has 1 unspecified atom stereocenters. The van der Waals surface area contributed by atoms with Crippen LogP contribution in [0.25, 0.3) is 0 Å². The smallest absolute Gasteiger partial charge is 1.00 e. The van der Waals surface area contributed by atoms with E-state index in [1.165, 1.54) is 19.2 Å². The summed E-state index contributed by atoms with van der Waals surface area (Å²) in [5, 5.41) is 9.47. The molecule has 0 radical (unpaired) electrons. The molecular formula is C14H12Cl2NNaO4. The fourth-order valence-corrected chi connectivity index (χ4v) is 1.85. The second-order valence-electron chi connectivity index (χ2n) is 4.11. The monoisotopic (exact) mass is 351 g/mol. The Hall–Kier alpha value is -0.980. The SMILES string of the molecule is CC(Oc1ccc(Oc2ncc(Cl)cc2Cl)cc1)C(=O)O.[H-].[Na+]. The molecule has 1 heterocycles. The van der Waals surface area contributed by atoms with Gasteiger partial charge in [-0.05, 0) is 37.3 Å². The summed E-state index contributed by atoms with van der Waals surface area (Å²) in [6.45, 7) is 1.45. The summed E-state index contributed by atoms with van der Waals surface area (Å²) in [7, 11) is 0. The first kappa shape index (κ1) is 19.1. The van der Waals surface area contributed by atoms with Crippen LogP contribution < -0.4 is 39.0 Å². The van der Waals surface area contributed by atoms with Crippen molar-refractivity contribution < 1.29 is 50.4 Å². The van der Waals surface area contributed by atoms with Crippen LogP contribution >= 0.6 is 23.2 Å². The summed E-state index contributed by atoms with van der Waals surface area (Å²) >= 11 is 11.7. The van der Waals surface area contributed by atoms with Crippen LogP contribution in [0.3, 0.4) is 0 Å². The third kappa shape index (κ3) is 5.34. The number of carbonyl (C=O) groups is 1. The van der Waals surface area contributed by atoms with Crippen molar-refractivity contribution in [2.75, 3.05) is 0 Å². The van der Waals surface area contributed by atoms with Crippen LogP contribution in [0.5, 0.6) is 17.4 Å². The van der Waals surface area contributed by atoms with Crippen molar-refractivity contribution in [2.24, 2.45) is 0 Å². The van der Waals surface area contributed by atoms with Gasteiger partial charge in [0.2, 0.25) is 5.88 Å². The van der Waals surface area contributed by atoms with Crippen LogP contribution in [-0.2, 0) is 4.79 Å². The summed E-state index contributed by atoms with van der Waals surface area (Å²) in [4.78, 5) is 14.7. The van der Waals surface area contributed by atoms with Crippen LogP contribution in [0.4, 0.5) is 0 Å². The van der Waals surface area contributed by atoms with Crippen molar-refractivity contribution in [3.63, 3.8) is 0 Å². The molecule has 0 saturated carbocycles. The van der Waals surface area contributed by atoms with Crippen molar-refractivity contribution in [2.45, 2.75) is 13.0 Å². The Morgan fingerprint density at radius 3 is 2.41 bits per heavy atom. The third-order valence-electron chi connectivity index (χ3n) is 2.47. The van der Waals surface area contributed by atoms with Gasteiger partial charge in [0.1, 0.15) is 16.5 Å². The number of carboxylic acid groups (broad SMARTS) is 1. The number of ether oxygens (including phenoxy) is 2. The summed E-state index contributed by atoms with van der Waals surface area (Å²) < 4.78 is 10.7. The Bertz CT molecular complexity index is 658. The van der Waals surface area contributed by atoms with E-state index in [4.69, 9.17) is 37.8 Å². The number of carboxylic acids is 1. The van der Waals surface area contributed by atoms with Gasteiger partial charge in [-0.3, -0.25) is 0 Å². The number of pyridine rings is 1. The molecule has 1 atom stereocenters. The minimum absolute atomic E-state index is 0. The molecule has 112 valence electrons. The molecule has 0 aliphatic rings. The summed E-state index contributed by atoms with van der Waals surface area (Å²) in [6.07, 6.45) is 0.499. The summed E-state index contributed by atoms with van der Waals surface area (Å²) in [6, 6.07) is 7.96. The Morgan fingerprint density at radius 1 is 1.27 bits per heavy atom. The number of nitrogens with zero attached hydrogens (tertiary/aromatic N) is 1. The van der Waals surface area contributed by atoms with E-state index in [9.17, 15) is 4.79 Å². The molecule has 8 heteroatoms. The fourth-order valence-electron chi connectivity index (χ4n) is 1.43. The van der Waals surface area contributed by atoms with E-state index in [0.717, 1.165) is 0 Å². The van der Waals surface area contributed by atoms with Gasteiger partial charge < -0.3 is 16.0 Å². The molecule has 2 rings (SSSR count). The first-order chi connectivity index (χ1) is 9.95. The average Bonchev–Trinajstić information content (AvgIpc) is 2.43. The molecule has 1 N–H and O–H groups in total. The van der Waals surface area contributed by atoms with E-state index in [1.54, 1.807) is 24.3 Å². The molecule has 1 aromatic carbocycles. The van der Waals surface area contributed by atoms with Crippen molar-refractivity contribution in [1.29, 1.82) is 0 Å². The van der Waals surface area contributed by atoms with Crippen LogP contribution in [0.1, 0.15) is 8.35 Å². The zero-order chi connectivity index (χ0) is 15.4. The molecule has 5 nitrogen and oxygen atoms in total. The standard InChI is InChI=1S/C14H11Cl2NO4.Na.H/c1-8(14(18)19)20-10-2-4-11(5-3-10)21-13-12(16)6-9(15)7-17-13;;/h2-8H,1H3,(H,18,19);;/q;+1;-1. The predicted octanol–water partition coefficient (Wildman–Crippen LogP) is 1.15. The van der Waals surface area contributed by atoms with Gasteiger partial charge in [0.25, 0.3) is 0 Å². The van der Waals surface area contributed by atoms with E-state index in [0.29, 0.717) is 21.5 Å². The quantitative estimate of drug-likeness (QED) is 0.818. The van der Waals surface area contributed by atoms with E-state index < -0.39 is 12.1 Å². The number of hydrogen-bond acceptors (Lipinski definition) is 4. The van der Waals surface area contributed by atoms with Gasteiger partial charge in [-0.1, -0.05) is 23.2 Å². The fraction of sp³-hybridized carbons (Fsp3) is 0.143. The van der Waals surface area contributed by atoms with Gasteiger partial charge in [-0.2, -0.15) is 0 Å². The van der Waals surface area contributed by atoms with Gasteiger partial charge in [-0.15, -0.1) is 0 Å². The predicted molar refractivity (Wildman–Crippen MR) is 79.6 cm³/mol. The zero-order valence-corrected chi connectivity index (χ0v) is 15.4. The minimum atomic E-state index is -1.03. The second kappa shape index (κ2) is 8.60. The van der Waals surface area contributed by atoms with Crippen LogP contribution in [0.2, 0.25) is 10.0 Å². The van der Waals surface area contributed by atoms with Crippen molar-refractivity contribution in [3.8, 4) is 17.4 Å².